The van der Waals surface area contributed by atoms with Gasteiger partial charge in [0, 0.05) is 13.1 Å². The molecule has 0 amide bonds. The molecule has 2 rings (SSSR count). The smallest absolute Gasteiger partial charge is 0.198 e. The molecule has 1 unspecified atom stereocenters. The zero-order chi connectivity index (χ0) is 14.0. The van der Waals surface area contributed by atoms with E-state index in [0.29, 0.717) is 11.7 Å². The third-order valence-electron chi connectivity index (χ3n) is 3.52. The minimum atomic E-state index is -0.222. The fraction of sp³-hybridized carbons (Fsp3) is 0.769. The molecule has 3 N–H and O–H groups in total. The van der Waals surface area contributed by atoms with Crippen LogP contribution >= 0.6 is 11.5 Å². The van der Waals surface area contributed by atoms with Gasteiger partial charge >= 0.3 is 0 Å². The second kappa shape index (κ2) is 5.96. The predicted molar refractivity (Wildman–Crippen MR) is 78.9 cm³/mol. The van der Waals surface area contributed by atoms with Gasteiger partial charge in [0.2, 0.25) is 0 Å². The number of anilines is 2. The largest absolute Gasteiger partial charge is 0.484 e. The van der Waals surface area contributed by atoms with Crippen LogP contribution in [0.4, 0.5) is 10.8 Å². The summed E-state index contributed by atoms with van der Waals surface area (Å²) in [5, 5.41) is 10.7. The van der Waals surface area contributed by atoms with Crippen LogP contribution in [0.25, 0.3) is 0 Å². The van der Waals surface area contributed by atoms with Crippen molar-refractivity contribution in [1.82, 2.24) is 4.37 Å². The average Bonchev–Trinajstić information content (AvgIpc) is 2.71. The lowest BCUT2D eigenvalue weighted by atomic mass is 9.92. The number of nitrogens with two attached hydrogens (primary N) is 1. The fourth-order valence-corrected chi connectivity index (χ4v) is 3.22. The maximum absolute atomic E-state index is 9.64. The fourth-order valence-electron chi connectivity index (χ4n) is 2.42. The highest BCUT2D eigenvalue weighted by molar-refractivity contribution is 7.11. The Morgan fingerprint density at radius 2 is 2.00 bits per heavy atom. The number of nitrogens with zero attached hydrogens (tertiary/aromatic N) is 2. The Morgan fingerprint density at radius 3 is 2.53 bits per heavy atom. The van der Waals surface area contributed by atoms with Gasteiger partial charge in [-0.05, 0) is 51.1 Å². The standard InChI is InChI=1S/C13H23N3O2S/c1-8(2)18-11-12(14)15-19-13(11)16-6-4-10(5-7-16)9(3)17/h8-10,17H,4-7H2,1-3H3,(H2,14,15). The summed E-state index contributed by atoms with van der Waals surface area (Å²) in [6.07, 6.45) is 1.86. The first-order valence-electron chi connectivity index (χ1n) is 6.83. The van der Waals surface area contributed by atoms with Gasteiger partial charge in [0.1, 0.15) is 0 Å². The second-order valence-corrected chi connectivity index (χ2v) is 6.19. The van der Waals surface area contributed by atoms with Crippen molar-refractivity contribution in [3.05, 3.63) is 0 Å². The van der Waals surface area contributed by atoms with Crippen LogP contribution in [0.3, 0.4) is 0 Å². The molecule has 5 nitrogen and oxygen atoms in total. The molecule has 1 atom stereocenters. The lowest BCUT2D eigenvalue weighted by molar-refractivity contribution is 0.110. The first-order chi connectivity index (χ1) is 8.99. The van der Waals surface area contributed by atoms with Gasteiger partial charge in [-0.3, -0.25) is 0 Å². The molecular weight excluding hydrogens is 262 g/mol. The maximum Gasteiger partial charge on any atom is 0.198 e. The quantitative estimate of drug-likeness (QED) is 0.886. The monoisotopic (exact) mass is 285 g/mol. The molecule has 19 heavy (non-hydrogen) atoms. The van der Waals surface area contributed by atoms with Crippen molar-refractivity contribution >= 4 is 22.4 Å². The Morgan fingerprint density at radius 1 is 1.37 bits per heavy atom. The SMILES string of the molecule is CC(C)Oc1c(N)nsc1N1CCC(C(C)O)CC1. The summed E-state index contributed by atoms with van der Waals surface area (Å²) in [5.41, 5.74) is 5.88. The van der Waals surface area contributed by atoms with Gasteiger partial charge in [0.15, 0.2) is 16.6 Å². The van der Waals surface area contributed by atoms with Crippen LogP contribution in [0, 0.1) is 5.92 Å². The van der Waals surface area contributed by atoms with Crippen molar-refractivity contribution in [1.29, 1.82) is 0 Å². The van der Waals surface area contributed by atoms with Crippen LogP contribution < -0.4 is 15.4 Å². The molecule has 0 aromatic carbocycles. The molecule has 0 spiro atoms. The number of piperidine rings is 1. The molecule has 1 saturated heterocycles. The number of hydrogen-bond acceptors (Lipinski definition) is 6. The highest BCUT2D eigenvalue weighted by Crippen LogP contribution is 2.40. The summed E-state index contributed by atoms with van der Waals surface area (Å²) >= 11 is 1.40. The molecule has 6 heteroatoms. The molecule has 0 aliphatic carbocycles. The number of aromatic nitrogens is 1. The highest BCUT2D eigenvalue weighted by Gasteiger charge is 2.27. The van der Waals surface area contributed by atoms with Gasteiger partial charge in [-0.15, -0.1) is 0 Å². The Labute approximate surface area is 118 Å². The summed E-state index contributed by atoms with van der Waals surface area (Å²) in [6, 6.07) is 0. The number of aliphatic hydroxyl groups excluding tert-OH is 1. The van der Waals surface area contributed by atoms with E-state index in [2.05, 4.69) is 9.27 Å². The van der Waals surface area contributed by atoms with Gasteiger partial charge in [0.25, 0.3) is 0 Å². The normalized spacial score (nSPS) is 18.9. The lowest BCUT2D eigenvalue weighted by Crippen LogP contribution is -2.36. The van der Waals surface area contributed by atoms with Crippen molar-refractivity contribution in [2.45, 2.75) is 45.8 Å². The van der Waals surface area contributed by atoms with Gasteiger partial charge < -0.3 is 20.5 Å². The van der Waals surface area contributed by atoms with Crippen molar-refractivity contribution in [3.8, 4) is 5.75 Å². The molecular formula is C13H23N3O2S. The predicted octanol–water partition coefficient (Wildman–Crippen LogP) is 2.11. The molecule has 0 saturated carbocycles. The van der Waals surface area contributed by atoms with Crippen molar-refractivity contribution in [3.63, 3.8) is 0 Å². The van der Waals surface area contributed by atoms with Crippen LogP contribution in [-0.2, 0) is 0 Å². The summed E-state index contributed by atoms with van der Waals surface area (Å²) < 4.78 is 9.98. The molecule has 0 radical (unpaired) electrons. The Hall–Kier alpha value is -1.01. The van der Waals surface area contributed by atoms with E-state index in [1.165, 1.54) is 11.5 Å². The molecule has 108 valence electrons. The molecule has 1 aromatic heterocycles. The Bertz CT molecular complexity index is 412. The zero-order valence-corrected chi connectivity index (χ0v) is 12.6. The number of nitrogen functional groups attached to an aromatic ring is 1. The minimum absolute atomic E-state index is 0.0902. The molecule has 1 aliphatic rings. The van der Waals surface area contributed by atoms with Crippen LogP contribution in [0.1, 0.15) is 33.6 Å². The summed E-state index contributed by atoms with van der Waals surface area (Å²) in [6.45, 7) is 7.69. The van der Waals surface area contributed by atoms with Gasteiger partial charge in [-0.25, -0.2) is 0 Å². The maximum atomic E-state index is 9.64. The third-order valence-corrected chi connectivity index (χ3v) is 4.42. The summed E-state index contributed by atoms with van der Waals surface area (Å²) in [7, 11) is 0. The molecule has 1 aliphatic heterocycles. The Kier molecular flexibility index (Phi) is 4.52. The highest BCUT2D eigenvalue weighted by atomic mass is 32.1. The summed E-state index contributed by atoms with van der Waals surface area (Å²) in [5.74, 6) is 1.60. The van der Waals surface area contributed by atoms with Gasteiger partial charge in [-0.1, -0.05) is 0 Å². The number of rotatable bonds is 4. The first-order valence-corrected chi connectivity index (χ1v) is 7.61. The van der Waals surface area contributed by atoms with Gasteiger partial charge in [-0.2, -0.15) is 4.37 Å². The van der Waals surface area contributed by atoms with E-state index >= 15 is 0 Å². The van der Waals surface area contributed by atoms with E-state index in [9.17, 15) is 5.11 Å². The van der Waals surface area contributed by atoms with E-state index in [4.69, 9.17) is 10.5 Å². The number of ether oxygens (including phenoxy) is 1. The van der Waals surface area contributed by atoms with E-state index in [1.54, 1.807) is 0 Å². The molecule has 1 aromatic rings. The lowest BCUT2D eigenvalue weighted by Gasteiger charge is -2.34. The topological polar surface area (TPSA) is 71.6 Å². The second-order valence-electron chi connectivity index (χ2n) is 5.43. The molecule has 1 fully saturated rings. The van der Waals surface area contributed by atoms with E-state index in [0.717, 1.165) is 36.7 Å². The van der Waals surface area contributed by atoms with Crippen molar-refractivity contribution in [2.24, 2.45) is 5.92 Å². The summed E-state index contributed by atoms with van der Waals surface area (Å²) in [4.78, 5) is 2.27. The third kappa shape index (κ3) is 3.30. The van der Waals surface area contributed by atoms with Crippen LogP contribution in [0.15, 0.2) is 0 Å². The van der Waals surface area contributed by atoms with Crippen LogP contribution in [0.2, 0.25) is 0 Å². The zero-order valence-electron chi connectivity index (χ0n) is 11.8. The van der Waals surface area contributed by atoms with Crippen molar-refractivity contribution < 1.29 is 9.84 Å². The Balaban J connectivity index is 2.07. The molecule has 2 heterocycles. The first kappa shape index (κ1) is 14.4. The van der Waals surface area contributed by atoms with Crippen molar-refractivity contribution in [2.75, 3.05) is 23.7 Å². The molecule has 0 bridgehead atoms. The van der Waals surface area contributed by atoms with E-state index in [-0.39, 0.29) is 12.2 Å². The number of hydrogen-bond donors (Lipinski definition) is 2. The number of aliphatic hydroxyl groups is 1. The van der Waals surface area contributed by atoms with Gasteiger partial charge in [0.05, 0.1) is 12.2 Å². The average molecular weight is 285 g/mol. The van der Waals surface area contributed by atoms with Crippen LogP contribution in [-0.4, -0.2) is 34.8 Å². The van der Waals surface area contributed by atoms with Crippen LogP contribution in [0.5, 0.6) is 5.75 Å². The van der Waals surface area contributed by atoms with E-state index in [1.807, 2.05) is 20.8 Å². The minimum Gasteiger partial charge on any atom is -0.484 e. The van der Waals surface area contributed by atoms with E-state index < -0.39 is 0 Å².